The number of aromatic amines is 1. The predicted molar refractivity (Wildman–Crippen MR) is 98.5 cm³/mol. The zero-order valence-corrected chi connectivity index (χ0v) is 14.8. The molecule has 0 fully saturated rings. The van der Waals surface area contributed by atoms with E-state index < -0.39 is 5.91 Å². The summed E-state index contributed by atoms with van der Waals surface area (Å²) in [5.74, 6) is 0.0324. The molecule has 27 heavy (non-hydrogen) atoms. The summed E-state index contributed by atoms with van der Waals surface area (Å²) < 4.78 is 11.3. The van der Waals surface area contributed by atoms with E-state index in [4.69, 9.17) is 9.47 Å². The van der Waals surface area contributed by atoms with Gasteiger partial charge in [0.1, 0.15) is 5.56 Å². The first-order valence-corrected chi connectivity index (χ1v) is 8.14. The smallest absolute Gasteiger partial charge is 0.273 e. The molecule has 9 nitrogen and oxygen atoms in total. The van der Waals surface area contributed by atoms with Crippen LogP contribution in [0.5, 0.6) is 11.8 Å². The lowest BCUT2D eigenvalue weighted by Crippen LogP contribution is -2.35. The van der Waals surface area contributed by atoms with Gasteiger partial charge < -0.3 is 14.8 Å². The minimum Gasteiger partial charge on any atom is -0.481 e. The average Bonchev–Trinajstić information content (AvgIpc) is 2.71. The molecule has 0 saturated heterocycles. The fourth-order valence-electron chi connectivity index (χ4n) is 2.65. The lowest BCUT2D eigenvalue weighted by atomic mass is 10.2. The SMILES string of the molecule is COc1ccc(C(=O)NCCn2[nH]c(=O)c3ccccc3c2=O)c(OC)n1. The van der Waals surface area contributed by atoms with Crippen LogP contribution in [0.25, 0.3) is 10.8 Å². The molecule has 0 aliphatic carbocycles. The highest BCUT2D eigenvalue weighted by atomic mass is 16.5. The second-order valence-corrected chi connectivity index (χ2v) is 5.61. The zero-order chi connectivity index (χ0) is 19.4. The maximum atomic E-state index is 12.4. The maximum Gasteiger partial charge on any atom is 0.273 e. The van der Waals surface area contributed by atoms with Crippen LogP contribution < -0.4 is 25.9 Å². The van der Waals surface area contributed by atoms with Crippen LogP contribution in [0.4, 0.5) is 0 Å². The molecule has 0 radical (unpaired) electrons. The fraction of sp³-hybridized carbons (Fsp3) is 0.222. The van der Waals surface area contributed by atoms with Gasteiger partial charge in [0.25, 0.3) is 17.0 Å². The van der Waals surface area contributed by atoms with E-state index in [9.17, 15) is 14.4 Å². The molecule has 3 rings (SSSR count). The summed E-state index contributed by atoms with van der Waals surface area (Å²) in [4.78, 5) is 40.9. The highest BCUT2D eigenvalue weighted by Crippen LogP contribution is 2.19. The minimum absolute atomic E-state index is 0.108. The number of benzene rings is 1. The highest BCUT2D eigenvalue weighted by molar-refractivity contribution is 5.96. The van der Waals surface area contributed by atoms with Gasteiger partial charge in [-0.3, -0.25) is 19.5 Å². The lowest BCUT2D eigenvalue weighted by Gasteiger charge is -2.11. The van der Waals surface area contributed by atoms with Crippen LogP contribution in [0.15, 0.2) is 46.0 Å². The number of nitrogens with one attached hydrogen (secondary N) is 2. The number of carbonyl (C=O) groups excluding carboxylic acids is 1. The molecule has 1 aromatic carbocycles. The Morgan fingerprint density at radius 2 is 1.85 bits per heavy atom. The van der Waals surface area contributed by atoms with Crippen LogP contribution in [0.3, 0.4) is 0 Å². The van der Waals surface area contributed by atoms with E-state index in [2.05, 4.69) is 15.4 Å². The second-order valence-electron chi connectivity index (χ2n) is 5.61. The van der Waals surface area contributed by atoms with Crippen molar-refractivity contribution < 1.29 is 14.3 Å². The molecule has 0 unspecified atom stereocenters. The molecular formula is C18H18N4O5. The van der Waals surface area contributed by atoms with Crippen LogP contribution in [0, 0.1) is 0 Å². The normalized spacial score (nSPS) is 10.6. The first kappa shape index (κ1) is 18.2. The van der Waals surface area contributed by atoms with Crippen LogP contribution >= 0.6 is 0 Å². The first-order chi connectivity index (χ1) is 13.0. The molecule has 0 spiro atoms. The Morgan fingerprint density at radius 3 is 2.56 bits per heavy atom. The maximum absolute atomic E-state index is 12.4. The Morgan fingerprint density at radius 1 is 1.11 bits per heavy atom. The number of pyridine rings is 1. The van der Waals surface area contributed by atoms with E-state index in [0.717, 1.165) is 0 Å². The van der Waals surface area contributed by atoms with Crippen molar-refractivity contribution in [3.05, 3.63) is 62.7 Å². The van der Waals surface area contributed by atoms with Crippen LogP contribution in [-0.4, -0.2) is 41.4 Å². The first-order valence-electron chi connectivity index (χ1n) is 8.14. The Kier molecular flexibility index (Phi) is 5.20. The molecule has 3 aromatic rings. The minimum atomic E-state index is -0.418. The van der Waals surface area contributed by atoms with E-state index in [1.54, 1.807) is 30.3 Å². The van der Waals surface area contributed by atoms with Gasteiger partial charge in [-0.25, -0.2) is 4.68 Å². The molecule has 0 bridgehead atoms. The van der Waals surface area contributed by atoms with Gasteiger partial charge in [-0.15, -0.1) is 0 Å². The molecule has 1 amide bonds. The number of amides is 1. The van der Waals surface area contributed by atoms with Gasteiger partial charge in [0.15, 0.2) is 0 Å². The molecule has 2 aromatic heterocycles. The third kappa shape index (κ3) is 3.66. The number of hydrogen-bond donors (Lipinski definition) is 2. The molecule has 0 atom stereocenters. The zero-order valence-electron chi connectivity index (χ0n) is 14.8. The second kappa shape index (κ2) is 7.73. The van der Waals surface area contributed by atoms with Gasteiger partial charge in [0.2, 0.25) is 11.8 Å². The summed E-state index contributed by atoms with van der Waals surface area (Å²) in [6.45, 7) is 0.235. The number of H-pyrrole nitrogens is 1. The van der Waals surface area contributed by atoms with Crippen LogP contribution in [0.1, 0.15) is 10.4 Å². The molecule has 2 N–H and O–H groups in total. The molecule has 9 heteroatoms. The topological polar surface area (TPSA) is 115 Å². The molecule has 2 heterocycles. The molecule has 0 aliphatic heterocycles. The van der Waals surface area contributed by atoms with Gasteiger partial charge >= 0.3 is 0 Å². The van der Waals surface area contributed by atoms with Crippen molar-refractivity contribution in [2.24, 2.45) is 0 Å². The summed E-state index contributed by atoms with van der Waals surface area (Å²) in [6, 6.07) is 9.64. The van der Waals surface area contributed by atoms with Crippen molar-refractivity contribution in [3.8, 4) is 11.8 Å². The van der Waals surface area contributed by atoms with E-state index in [0.29, 0.717) is 16.7 Å². The van der Waals surface area contributed by atoms with Crippen molar-refractivity contribution in [2.45, 2.75) is 6.54 Å². The van der Waals surface area contributed by atoms with E-state index in [1.807, 2.05) is 0 Å². The van der Waals surface area contributed by atoms with Crippen molar-refractivity contribution in [1.29, 1.82) is 0 Å². The number of hydrogen-bond acceptors (Lipinski definition) is 6. The summed E-state index contributed by atoms with van der Waals surface area (Å²) in [5.41, 5.74) is -0.460. The van der Waals surface area contributed by atoms with Crippen LogP contribution in [0.2, 0.25) is 0 Å². The quantitative estimate of drug-likeness (QED) is 0.654. The van der Waals surface area contributed by atoms with E-state index in [1.165, 1.54) is 25.0 Å². The van der Waals surface area contributed by atoms with Gasteiger partial charge in [0.05, 0.1) is 31.5 Å². The van der Waals surface area contributed by atoms with Crippen molar-refractivity contribution in [1.82, 2.24) is 20.1 Å². The Bertz CT molecular complexity index is 1100. The van der Waals surface area contributed by atoms with Gasteiger partial charge in [0, 0.05) is 12.6 Å². The highest BCUT2D eigenvalue weighted by Gasteiger charge is 2.15. The Balaban J connectivity index is 1.74. The molecule has 0 aliphatic rings. The monoisotopic (exact) mass is 370 g/mol. The lowest BCUT2D eigenvalue weighted by molar-refractivity contribution is 0.0948. The number of carbonyl (C=O) groups is 1. The summed E-state index contributed by atoms with van der Waals surface area (Å²) in [7, 11) is 2.86. The van der Waals surface area contributed by atoms with Gasteiger partial charge in [-0.05, 0) is 18.2 Å². The summed E-state index contributed by atoms with van der Waals surface area (Å²) in [6.07, 6.45) is 0. The third-order valence-corrected chi connectivity index (χ3v) is 3.99. The average molecular weight is 370 g/mol. The number of fused-ring (bicyclic) bond motifs is 1. The van der Waals surface area contributed by atoms with Crippen molar-refractivity contribution >= 4 is 16.7 Å². The molecule has 0 saturated carbocycles. The Hall–Kier alpha value is -3.62. The van der Waals surface area contributed by atoms with Gasteiger partial charge in [-0.2, -0.15) is 4.98 Å². The van der Waals surface area contributed by atoms with Crippen LogP contribution in [-0.2, 0) is 6.54 Å². The van der Waals surface area contributed by atoms with E-state index >= 15 is 0 Å². The number of nitrogens with zero attached hydrogens (tertiary/aromatic N) is 2. The third-order valence-electron chi connectivity index (χ3n) is 3.99. The largest absolute Gasteiger partial charge is 0.481 e. The summed E-state index contributed by atoms with van der Waals surface area (Å²) >= 11 is 0. The van der Waals surface area contributed by atoms with Gasteiger partial charge in [-0.1, -0.05) is 12.1 Å². The predicted octanol–water partition coefficient (Wildman–Crippen LogP) is 0.532. The van der Waals surface area contributed by atoms with Crippen molar-refractivity contribution in [3.63, 3.8) is 0 Å². The Labute approximate surface area is 153 Å². The number of ether oxygens (including phenoxy) is 2. The standard InChI is InChI=1S/C18H18N4O5/c1-26-14-8-7-13(17(20-14)27-2)15(23)19-9-10-22-18(25)12-6-4-3-5-11(12)16(24)21-22/h3-8H,9-10H2,1-2H3,(H,19,23)(H,21,24). The number of aromatic nitrogens is 3. The number of methoxy groups -OCH3 is 2. The molecule has 140 valence electrons. The van der Waals surface area contributed by atoms with Crippen molar-refractivity contribution in [2.75, 3.05) is 20.8 Å². The molecular weight excluding hydrogens is 352 g/mol. The number of rotatable bonds is 6. The summed E-state index contributed by atoms with van der Waals surface area (Å²) in [5, 5.41) is 5.84. The van der Waals surface area contributed by atoms with E-state index in [-0.39, 0.29) is 35.7 Å². The fourth-order valence-corrected chi connectivity index (χ4v) is 2.65.